The summed E-state index contributed by atoms with van der Waals surface area (Å²) in [5.41, 5.74) is 1.48. The summed E-state index contributed by atoms with van der Waals surface area (Å²) in [6.45, 7) is 3.96. The number of nitrogens with one attached hydrogen (secondary N) is 1. The van der Waals surface area contributed by atoms with Gasteiger partial charge in [0.25, 0.3) is 5.91 Å². The van der Waals surface area contributed by atoms with Crippen molar-refractivity contribution in [2.24, 2.45) is 5.92 Å². The fourth-order valence-electron chi connectivity index (χ4n) is 5.16. The van der Waals surface area contributed by atoms with Gasteiger partial charge in [-0.3, -0.25) is 14.7 Å². The highest BCUT2D eigenvalue weighted by atomic mass is 32.2. The number of hydrogen-bond acceptors (Lipinski definition) is 9. The third-order valence-corrected chi connectivity index (χ3v) is 9.76. The highest BCUT2D eigenvalue weighted by Gasteiger charge is 2.39. The molecule has 3 heterocycles. The molecular weight excluding hydrogens is 600 g/mol. The lowest BCUT2D eigenvalue weighted by atomic mass is 10.0. The predicted molar refractivity (Wildman–Crippen MR) is 164 cm³/mol. The largest absolute Gasteiger partial charge is 0.454 e. The molecule has 12 nitrogen and oxygen atoms in total. The van der Waals surface area contributed by atoms with Crippen LogP contribution >= 0.6 is 0 Å². The van der Waals surface area contributed by atoms with Crippen LogP contribution in [0.25, 0.3) is 0 Å². The fraction of sp³-hybridized carbons (Fsp3) is 0.406. The zero-order valence-corrected chi connectivity index (χ0v) is 26.1. The van der Waals surface area contributed by atoms with Crippen LogP contribution in [0, 0.1) is 5.92 Å². The lowest BCUT2D eigenvalue weighted by molar-refractivity contribution is -0.129. The molecule has 0 spiro atoms. The summed E-state index contributed by atoms with van der Waals surface area (Å²) in [7, 11) is -4.07. The predicted octanol–water partition coefficient (Wildman–Crippen LogP) is 2.96. The van der Waals surface area contributed by atoms with E-state index in [1.54, 1.807) is 30.5 Å². The van der Waals surface area contributed by atoms with Gasteiger partial charge >= 0.3 is 6.09 Å². The maximum atomic E-state index is 13.9. The zero-order chi connectivity index (χ0) is 32.0. The van der Waals surface area contributed by atoms with Gasteiger partial charge in [-0.05, 0) is 42.2 Å². The molecule has 1 saturated heterocycles. The number of ether oxygens (including phenoxy) is 3. The average molecular weight is 639 g/mol. The summed E-state index contributed by atoms with van der Waals surface area (Å²) < 4.78 is 45.2. The lowest BCUT2D eigenvalue weighted by Crippen LogP contribution is -2.53. The molecule has 0 aliphatic carbocycles. The second-order valence-electron chi connectivity index (χ2n) is 11.3. The van der Waals surface area contributed by atoms with Gasteiger partial charge in [-0.25, -0.2) is 13.2 Å². The molecule has 0 saturated carbocycles. The summed E-state index contributed by atoms with van der Waals surface area (Å²) in [6.07, 6.45) is -0.504. The molecule has 1 fully saturated rings. The van der Waals surface area contributed by atoms with Crippen LogP contribution in [0.3, 0.4) is 0 Å². The lowest BCUT2D eigenvalue weighted by Gasteiger charge is -2.31. The smallest absolute Gasteiger partial charge is 0.411 e. The first-order valence-electron chi connectivity index (χ1n) is 14.9. The van der Waals surface area contributed by atoms with E-state index in [0.717, 1.165) is 12.0 Å². The topological polar surface area (TPSA) is 148 Å². The summed E-state index contributed by atoms with van der Waals surface area (Å²) in [5, 5.41) is 14.4. The number of pyridine rings is 1. The molecule has 45 heavy (non-hydrogen) atoms. The van der Waals surface area contributed by atoms with Crippen LogP contribution in [0.5, 0.6) is 11.5 Å². The Morgan fingerprint density at radius 1 is 1.09 bits per heavy atom. The van der Waals surface area contributed by atoms with Crippen LogP contribution in [-0.2, 0) is 32.5 Å². The van der Waals surface area contributed by atoms with E-state index in [0.29, 0.717) is 17.2 Å². The van der Waals surface area contributed by atoms with Gasteiger partial charge in [-0.2, -0.15) is 4.31 Å². The second-order valence-corrected chi connectivity index (χ2v) is 13.2. The number of fused-ring (bicyclic) bond motifs is 1. The average Bonchev–Trinajstić information content (AvgIpc) is 3.67. The Balaban J connectivity index is 1.34. The molecule has 0 unspecified atom stereocenters. The third-order valence-electron chi connectivity index (χ3n) is 7.93. The van der Waals surface area contributed by atoms with Gasteiger partial charge < -0.3 is 24.6 Å². The standard InChI is InChI=1S/C32H38N4O8S/c1-3-22(2)17-36(45(40,41)25-12-13-28-29(16-25)43-21-42-28)19-27(37)26(15-23-9-5-4-6-10-23)34-31(38)30-20-35(32(39)44-30)18-24-11-7-8-14-33-24/h4-14,16,22,26-27,30,37H,3,15,17-21H2,1-2H3,(H,34,38)/t22-,26+,27-,30+/m1/s1. The Hall–Kier alpha value is -4.20. The maximum Gasteiger partial charge on any atom is 0.411 e. The monoisotopic (exact) mass is 638 g/mol. The number of carbonyl (C=O) groups excluding carboxylic acids is 2. The highest BCUT2D eigenvalue weighted by Crippen LogP contribution is 2.35. The molecule has 2 N–H and O–H groups in total. The molecule has 13 heteroatoms. The van der Waals surface area contributed by atoms with E-state index >= 15 is 0 Å². The number of nitrogens with zero attached hydrogens (tertiary/aromatic N) is 3. The zero-order valence-electron chi connectivity index (χ0n) is 25.2. The van der Waals surface area contributed by atoms with Gasteiger partial charge in [0.2, 0.25) is 16.8 Å². The first kappa shape index (κ1) is 32.2. The molecule has 2 amide bonds. The molecule has 0 bridgehead atoms. The second kappa shape index (κ2) is 14.3. The Morgan fingerprint density at radius 3 is 2.58 bits per heavy atom. The van der Waals surface area contributed by atoms with Gasteiger partial charge in [0.1, 0.15) is 0 Å². The van der Waals surface area contributed by atoms with Gasteiger partial charge in [0, 0.05) is 25.4 Å². The molecule has 0 radical (unpaired) electrons. The molecule has 3 aromatic rings. The van der Waals surface area contributed by atoms with E-state index in [4.69, 9.17) is 14.2 Å². The number of cyclic esters (lactones) is 1. The number of hydrogen-bond donors (Lipinski definition) is 2. The van der Waals surface area contributed by atoms with E-state index < -0.39 is 40.3 Å². The summed E-state index contributed by atoms with van der Waals surface area (Å²) in [4.78, 5) is 31.6. The molecule has 2 aromatic carbocycles. The van der Waals surface area contributed by atoms with Gasteiger partial charge in [-0.1, -0.05) is 56.7 Å². The van der Waals surface area contributed by atoms with Crippen LogP contribution in [0.1, 0.15) is 31.5 Å². The Bertz CT molecular complexity index is 1570. The fourth-order valence-corrected chi connectivity index (χ4v) is 6.75. The van der Waals surface area contributed by atoms with Gasteiger partial charge in [0.05, 0.1) is 35.8 Å². The van der Waals surface area contributed by atoms with Gasteiger partial charge in [0.15, 0.2) is 17.6 Å². The summed E-state index contributed by atoms with van der Waals surface area (Å²) in [5.74, 6) is 0.196. The minimum absolute atomic E-state index is 0.00616. The van der Waals surface area contributed by atoms with Crippen molar-refractivity contribution in [1.82, 2.24) is 19.5 Å². The van der Waals surface area contributed by atoms with E-state index in [2.05, 4.69) is 10.3 Å². The molecule has 2 aliphatic rings. The minimum atomic E-state index is -4.07. The van der Waals surface area contributed by atoms with Crippen molar-refractivity contribution in [3.63, 3.8) is 0 Å². The number of amides is 2. The molecule has 240 valence electrons. The van der Waals surface area contributed by atoms with Crippen molar-refractivity contribution in [1.29, 1.82) is 0 Å². The van der Waals surface area contributed by atoms with Crippen molar-refractivity contribution in [2.45, 2.75) is 56.4 Å². The Labute approximate surface area is 263 Å². The van der Waals surface area contributed by atoms with E-state index in [-0.39, 0.29) is 50.2 Å². The van der Waals surface area contributed by atoms with E-state index in [1.165, 1.54) is 21.3 Å². The van der Waals surface area contributed by atoms with Crippen LogP contribution in [0.2, 0.25) is 0 Å². The SMILES string of the molecule is CC[C@@H](C)CN(C[C@@H](O)[C@H](Cc1ccccc1)NC(=O)[C@@H]1CN(Cc2ccccn2)C(=O)O1)S(=O)(=O)c1ccc2c(c1)OCO2. The number of carbonyl (C=O) groups is 2. The number of aliphatic hydroxyl groups excluding tert-OH is 1. The number of sulfonamides is 1. The van der Waals surface area contributed by atoms with E-state index in [9.17, 15) is 23.1 Å². The number of aliphatic hydroxyl groups is 1. The van der Waals surface area contributed by atoms with Crippen molar-refractivity contribution >= 4 is 22.0 Å². The molecule has 4 atom stereocenters. The van der Waals surface area contributed by atoms with Crippen molar-refractivity contribution in [3.8, 4) is 11.5 Å². The maximum absolute atomic E-state index is 13.9. The molecule has 5 rings (SSSR count). The number of benzene rings is 2. The van der Waals surface area contributed by atoms with Crippen molar-refractivity contribution in [3.05, 3.63) is 84.2 Å². The third kappa shape index (κ3) is 7.91. The number of rotatable bonds is 14. The summed E-state index contributed by atoms with van der Waals surface area (Å²) >= 11 is 0. The molecule has 2 aliphatic heterocycles. The number of aromatic nitrogens is 1. The first-order chi connectivity index (χ1) is 21.6. The van der Waals surface area contributed by atoms with Crippen LogP contribution in [0.15, 0.2) is 77.8 Å². The Kier molecular flexibility index (Phi) is 10.2. The normalized spacial score (nSPS) is 18.0. The van der Waals surface area contributed by atoms with Crippen LogP contribution in [0.4, 0.5) is 4.79 Å². The van der Waals surface area contributed by atoms with Crippen molar-refractivity contribution in [2.75, 3.05) is 26.4 Å². The molecular formula is C32H38N4O8S. The quantitative estimate of drug-likeness (QED) is 0.272. The molecule has 1 aromatic heterocycles. The minimum Gasteiger partial charge on any atom is -0.454 e. The van der Waals surface area contributed by atoms with Crippen LogP contribution in [-0.4, -0.2) is 84.4 Å². The van der Waals surface area contributed by atoms with Crippen molar-refractivity contribution < 1.29 is 37.3 Å². The van der Waals surface area contributed by atoms with Gasteiger partial charge in [-0.15, -0.1) is 0 Å². The van der Waals surface area contributed by atoms with E-state index in [1.807, 2.05) is 44.2 Å². The van der Waals surface area contributed by atoms with Crippen LogP contribution < -0.4 is 14.8 Å². The first-order valence-corrected chi connectivity index (χ1v) is 16.4. The Morgan fingerprint density at radius 2 is 1.84 bits per heavy atom. The summed E-state index contributed by atoms with van der Waals surface area (Å²) in [6, 6.07) is 18.1. The highest BCUT2D eigenvalue weighted by molar-refractivity contribution is 7.89.